The highest BCUT2D eigenvalue weighted by Crippen LogP contribution is 2.48. The average molecular weight is 785 g/mol. The smallest absolute Gasteiger partial charge is 0.407 e. The number of carbonyl (C=O) groups excluding carboxylic acids is 4. The van der Waals surface area contributed by atoms with E-state index in [2.05, 4.69) is 44.2 Å². The molecule has 7 rings (SSSR count). The summed E-state index contributed by atoms with van der Waals surface area (Å²) in [5.74, 6) is 3.04. The maximum atomic E-state index is 13.7. The molecule has 4 aromatic rings. The van der Waals surface area contributed by atoms with Crippen molar-refractivity contribution in [2.45, 2.75) is 84.3 Å². The van der Waals surface area contributed by atoms with Gasteiger partial charge >= 0.3 is 12.2 Å². The van der Waals surface area contributed by atoms with E-state index in [1.54, 1.807) is 17.3 Å². The van der Waals surface area contributed by atoms with Gasteiger partial charge in [0, 0.05) is 24.2 Å². The van der Waals surface area contributed by atoms with E-state index in [1.807, 2.05) is 55.1 Å². The van der Waals surface area contributed by atoms with Crippen LogP contribution in [0.25, 0.3) is 22.5 Å². The van der Waals surface area contributed by atoms with Gasteiger partial charge in [0.2, 0.25) is 11.8 Å². The van der Waals surface area contributed by atoms with Crippen LogP contribution in [0.3, 0.4) is 0 Å². The molecular weight excluding hydrogens is 732 g/mol. The van der Waals surface area contributed by atoms with Crippen molar-refractivity contribution in [1.29, 1.82) is 0 Å². The van der Waals surface area contributed by atoms with Crippen molar-refractivity contribution in [2.75, 3.05) is 33.9 Å². The van der Waals surface area contributed by atoms with Gasteiger partial charge in [-0.15, -0.1) is 0 Å². The van der Waals surface area contributed by atoms with Crippen molar-refractivity contribution in [1.82, 2.24) is 40.4 Å². The summed E-state index contributed by atoms with van der Waals surface area (Å²) in [5, 5.41) is 5.15. The fraction of sp³-hybridized carbons (Fsp3) is 0.463. The summed E-state index contributed by atoms with van der Waals surface area (Å²) in [7, 11) is 2.54. The number of rotatable bonds is 9. The van der Waals surface area contributed by atoms with Crippen LogP contribution in [0.15, 0.2) is 48.8 Å². The summed E-state index contributed by atoms with van der Waals surface area (Å²) in [4.78, 5) is 69.6. The number of imidazole rings is 2. The molecule has 3 unspecified atom stereocenters. The number of aromatic nitrogens is 4. The number of nitrogens with one attached hydrogen (secondary N) is 4. The molecule has 0 radical (unpaired) electrons. The molecule has 4 amide bonds. The summed E-state index contributed by atoms with van der Waals surface area (Å²) < 4.78 is 21.9. The average Bonchev–Trinajstić information content (AvgIpc) is 4.02. The van der Waals surface area contributed by atoms with Crippen molar-refractivity contribution in [3.63, 3.8) is 0 Å². The predicted octanol–water partition coefficient (Wildman–Crippen LogP) is 7.23. The molecule has 0 spiro atoms. The Labute approximate surface area is 332 Å². The molecule has 0 aliphatic carbocycles. The second-order valence-electron chi connectivity index (χ2n) is 14.6. The number of benzene rings is 2. The van der Waals surface area contributed by atoms with E-state index in [-0.39, 0.29) is 36.4 Å². The van der Waals surface area contributed by atoms with Crippen LogP contribution in [0.2, 0.25) is 0 Å². The molecule has 5 heterocycles. The van der Waals surface area contributed by atoms with E-state index in [0.717, 1.165) is 54.6 Å². The number of hydrogen-bond donors (Lipinski definition) is 4. The molecule has 2 aromatic heterocycles. The first-order valence-electron chi connectivity index (χ1n) is 19.6. The topological polar surface area (TPSA) is 193 Å². The standard InChI is InChI=1S/C38H44N8O8.C3H8/c1-21(2)33(44-38(50)52-4)36(48)46-14-6-5-8-27(46)35-40-19-25(43-35)23-11-13-29-31(17-23)54-28-12-10-22(16-30(28)53-29)24-18-39-34(42-24)26-9-7-15-45(26)32(47)20-41-37(49)51-3;1-3-2/h10-13,16-19,21,26-27,33H,5-9,14-15,20H2,1-4H3,(H,39,42)(H,40,43)(H,41,49)(H,44,50);3H2,1-2H3. The lowest BCUT2D eigenvalue weighted by atomic mass is 9.97. The molecule has 0 saturated carbocycles. The Morgan fingerprint density at radius 3 is 1.84 bits per heavy atom. The number of hydrogen-bond acceptors (Lipinski definition) is 10. The van der Waals surface area contributed by atoms with Crippen LogP contribution in [0, 0.1) is 5.92 Å². The number of alkyl carbamates (subject to hydrolysis) is 2. The normalized spacial score (nSPS) is 17.5. The van der Waals surface area contributed by atoms with E-state index in [0.29, 0.717) is 47.7 Å². The molecule has 3 atom stereocenters. The lowest BCUT2D eigenvalue weighted by Crippen LogP contribution is -2.53. The summed E-state index contributed by atoms with van der Waals surface area (Å²) in [6, 6.07) is 10.1. The minimum Gasteiger partial charge on any atom is -0.453 e. The first-order valence-corrected chi connectivity index (χ1v) is 19.6. The zero-order valence-corrected chi connectivity index (χ0v) is 33.3. The number of fused-ring (bicyclic) bond motifs is 2. The number of methoxy groups -OCH3 is 2. The highest BCUT2D eigenvalue weighted by Gasteiger charge is 2.36. The minimum absolute atomic E-state index is 0.129. The molecule has 2 saturated heterocycles. The van der Waals surface area contributed by atoms with Gasteiger partial charge in [0.25, 0.3) is 0 Å². The van der Waals surface area contributed by atoms with Crippen LogP contribution in [0.5, 0.6) is 23.0 Å². The van der Waals surface area contributed by atoms with Crippen molar-refractivity contribution in [3.05, 3.63) is 60.4 Å². The molecule has 3 aliphatic heterocycles. The number of ether oxygens (including phenoxy) is 4. The molecule has 16 nitrogen and oxygen atoms in total. The van der Waals surface area contributed by atoms with Gasteiger partial charge in [0.15, 0.2) is 23.0 Å². The molecule has 57 heavy (non-hydrogen) atoms. The fourth-order valence-corrected chi connectivity index (χ4v) is 7.25. The zero-order chi connectivity index (χ0) is 40.6. The second-order valence-corrected chi connectivity index (χ2v) is 14.6. The van der Waals surface area contributed by atoms with E-state index in [9.17, 15) is 19.2 Å². The maximum Gasteiger partial charge on any atom is 0.407 e. The zero-order valence-electron chi connectivity index (χ0n) is 33.3. The van der Waals surface area contributed by atoms with E-state index in [1.165, 1.54) is 20.6 Å². The molecule has 304 valence electrons. The largest absolute Gasteiger partial charge is 0.453 e. The molecule has 0 bridgehead atoms. The Balaban J connectivity index is 0.00000177. The number of carbonyl (C=O) groups is 4. The first kappa shape index (κ1) is 40.6. The molecule has 3 aliphatic rings. The van der Waals surface area contributed by atoms with Gasteiger partial charge in [0.1, 0.15) is 24.2 Å². The minimum atomic E-state index is -0.717. The Morgan fingerprint density at radius 1 is 0.772 bits per heavy atom. The van der Waals surface area contributed by atoms with Crippen molar-refractivity contribution < 1.29 is 38.1 Å². The third kappa shape index (κ3) is 9.16. The van der Waals surface area contributed by atoms with Gasteiger partial charge in [-0.3, -0.25) is 9.59 Å². The van der Waals surface area contributed by atoms with Gasteiger partial charge in [-0.25, -0.2) is 19.6 Å². The van der Waals surface area contributed by atoms with Crippen molar-refractivity contribution >= 4 is 24.0 Å². The SMILES string of the molecule is CCC.COC(=O)NCC(=O)N1CCCC1c1ncc(-c2ccc3c(c2)Oc2ccc(-c4cnc(C5CCCCN5C(=O)C(NC(=O)OC)C(C)C)[nH]4)cc2O3)[nH]1. The Morgan fingerprint density at radius 2 is 1.30 bits per heavy atom. The van der Waals surface area contributed by atoms with E-state index < -0.39 is 18.2 Å². The number of likely N-dealkylation sites (tertiary alicyclic amines) is 2. The van der Waals surface area contributed by atoms with Crippen LogP contribution in [0.1, 0.15) is 90.0 Å². The van der Waals surface area contributed by atoms with Gasteiger partial charge < -0.3 is 49.3 Å². The summed E-state index contributed by atoms with van der Waals surface area (Å²) in [6.07, 6.45) is 7.59. The first-order chi connectivity index (χ1) is 27.5. The van der Waals surface area contributed by atoms with Crippen LogP contribution in [-0.4, -0.2) is 93.6 Å². The maximum absolute atomic E-state index is 13.7. The van der Waals surface area contributed by atoms with Crippen LogP contribution in [-0.2, 0) is 19.1 Å². The molecule has 4 N–H and O–H groups in total. The Kier molecular flexibility index (Phi) is 13.0. The summed E-state index contributed by atoms with van der Waals surface area (Å²) >= 11 is 0. The summed E-state index contributed by atoms with van der Waals surface area (Å²) in [5.41, 5.74) is 3.20. The number of H-pyrrole nitrogens is 2. The van der Waals surface area contributed by atoms with Crippen molar-refractivity contribution in [2.24, 2.45) is 5.92 Å². The fourth-order valence-electron chi connectivity index (χ4n) is 7.25. The molecule has 2 fully saturated rings. The van der Waals surface area contributed by atoms with E-state index >= 15 is 0 Å². The van der Waals surface area contributed by atoms with Gasteiger partial charge in [-0.2, -0.15) is 0 Å². The molecule has 16 heteroatoms. The van der Waals surface area contributed by atoms with Gasteiger partial charge in [-0.1, -0.05) is 34.1 Å². The Bertz CT molecular complexity index is 2060. The number of piperidine rings is 1. The predicted molar refractivity (Wildman–Crippen MR) is 211 cm³/mol. The third-order valence-electron chi connectivity index (χ3n) is 10.1. The van der Waals surface area contributed by atoms with Gasteiger partial charge in [0.05, 0.1) is 50.1 Å². The molecular formula is C41H52N8O8. The van der Waals surface area contributed by atoms with E-state index in [4.69, 9.17) is 19.2 Å². The van der Waals surface area contributed by atoms with Crippen molar-refractivity contribution in [3.8, 4) is 45.5 Å². The van der Waals surface area contributed by atoms with Gasteiger partial charge in [-0.05, 0) is 74.4 Å². The molecule has 2 aromatic carbocycles. The second kappa shape index (κ2) is 18.3. The summed E-state index contributed by atoms with van der Waals surface area (Å²) in [6.45, 7) is 9.03. The number of aromatic amines is 2. The number of nitrogens with zero attached hydrogens (tertiary/aromatic N) is 4. The quantitative estimate of drug-likeness (QED) is 0.118. The highest BCUT2D eigenvalue weighted by molar-refractivity contribution is 5.86. The third-order valence-corrected chi connectivity index (χ3v) is 10.1. The lowest BCUT2D eigenvalue weighted by Gasteiger charge is -2.37. The van der Waals surface area contributed by atoms with Crippen LogP contribution >= 0.6 is 0 Å². The monoisotopic (exact) mass is 784 g/mol. The number of amides is 4. The lowest BCUT2D eigenvalue weighted by molar-refractivity contribution is -0.138. The van der Waals surface area contributed by atoms with Crippen LogP contribution < -0.4 is 20.1 Å². The Hall–Kier alpha value is -6.06. The highest BCUT2D eigenvalue weighted by atomic mass is 16.6. The van der Waals surface area contributed by atoms with Crippen LogP contribution in [0.4, 0.5) is 9.59 Å².